The van der Waals surface area contributed by atoms with Crippen LogP contribution in [0, 0.1) is 0 Å². The minimum Gasteiger partial charge on any atom is -0.455 e. The number of rotatable bonds is 4. The standard InChI is InChI=1S/C48H30N2O/c1-3-12-31(13-4-1)36-18-11-19-39-42-30-35(24-27-47(42)51-48(36)39)50-44-21-10-8-17-38(44)41-29-33(23-26-46(41)50)32-22-25-45-40(28-32)37-16-7-9-20-43(37)49(45)34-14-5-2-6-15-34/h1-30H/i1D,3D,4D,7D,8D,9D,10D,11D,12D,13D,16D,17D,18D,19D,20D,21D,22D,23D,24D,25D,26D,27D,28D,29D,30D. The molecule has 0 spiro atoms. The largest absolute Gasteiger partial charge is 0.455 e. The van der Waals surface area contributed by atoms with Crippen LogP contribution < -0.4 is 0 Å². The van der Waals surface area contributed by atoms with Crippen molar-refractivity contribution in [2.75, 3.05) is 0 Å². The number of hydrogen-bond acceptors (Lipinski definition) is 1. The quantitative estimate of drug-likeness (QED) is 0.182. The molecule has 0 atom stereocenters. The fourth-order valence-corrected chi connectivity index (χ4v) is 6.41. The number of benzene rings is 8. The molecule has 11 aromatic rings. The van der Waals surface area contributed by atoms with Crippen LogP contribution in [0.2, 0.25) is 0 Å². The summed E-state index contributed by atoms with van der Waals surface area (Å²) in [7, 11) is 0. The Morgan fingerprint density at radius 2 is 0.980 bits per heavy atom. The first kappa shape index (κ1) is 13.1. The second kappa shape index (κ2) is 10.8. The van der Waals surface area contributed by atoms with Gasteiger partial charge in [0.1, 0.15) is 11.2 Å². The molecule has 0 aliphatic rings. The SMILES string of the molecule is [2H]c1c([2H])c([2H])c(-c2c([2H])c([2H])c([2H])c3c2oc2c([2H])c([2H])c(-n4c5c([2H])c([2H])c([2H])c([2H])c5c5c([2H])c(-c6c([2H])c([2H])c7c(c6[2H])c6c([2H])c([2H])c([2H])c([2H])c6n7-c6ccccc6)c([2H])c([2H])c54)c([2H])c23)c([2H])c1[2H]. The van der Waals surface area contributed by atoms with E-state index in [0.717, 1.165) is 4.57 Å². The van der Waals surface area contributed by atoms with E-state index in [1.54, 1.807) is 30.3 Å². The summed E-state index contributed by atoms with van der Waals surface area (Å²) in [6.07, 6.45) is 0. The molecule has 0 bridgehead atoms. The molecule has 3 nitrogen and oxygen atoms in total. The summed E-state index contributed by atoms with van der Waals surface area (Å²) >= 11 is 0. The Morgan fingerprint density at radius 3 is 1.67 bits per heavy atom. The van der Waals surface area contributed by atoms with E-state index in [-0.39, 0.29) is 21.8 Å². The van der Waals surface area contributed by atoms with Gasteiger partial charge in [0.25, 0.3) is 0 Å². The second-order valence-electron chi connectivity index (χ2n) is 11.4. The monoisotopic (exact) mass is 675 g/mol. The van der Waals surface area contributed by atoms with Crippen molar-refractivity contribution in [1.82, 2.24) is 9.13 Å². The minimum atomic E-state index is -0.941. The van der Waals surface area contributed by atoms with Crippen molar-refractivity contribution in [3.63, 3.8) is 0 Å². The van der Waals surface area contributed by atoms with E-state index in [1.165, 1.54) is 4.57 Å². The van der Waals surface area contributed by atoms with Crippen molar-refractivity contribution in [2.45, 2.75) is 0 Å². The lowest BCUT2D eigenvalue weighted by atomic mass is 10.0. The van der Waals surface area contributed by atoms with Crippen molar-refractivity contribution in [3.8, 4) is 33.6 Å². The van der Waals surface area contributed by atoms with Gasteiger partial charge in [-0.3, -0.25) is 0 Å². The molecule has 0 saturated carbocycles. The van der Waals surface area contributed by atoms with Crippen molar-refractivity contribution in [2.24, 2.45) is 0 Å². The molecule has 0 amide bonds. The predicted octanol–water partition coefficient (Wildman–Crippen LogP) is 13.1. The molecule has 51 heavy (non-hydrogen) atoms. The first-order valence-electron chi connectivity index (χ1n) is 27.9. The maximum Gasteiger partial charge on any atom is 0.143 e. The molecular formula is C48H30N2O. The number of hydrogen-bond donors (Lipinski definition) is 0. The third-order valence-electron chi connectivity index (χ3n) is 8.60. The molecule has 0 radical (unpaired) electrons. The van der Waals surface area contributed by atoms with E-state index >= 15 is 0 Å². The zero-order valence-corrected chi connectivity index (χ0v) is 25.7. The first-order valence-corrected chi connectivity index (χ1v) is 15.4. The number of aromatic nitrogens is 2. The summed E-state index contributed by atoms with van der Waals surface area (Å²) < 4.78 is 234. The van der Waals surface area contributed by atoms with Crippen LogP contribution in [-0.2, 0) is 0 Å². The number of fused-ring (bicyclic) bond motifs is 9. The van der Waals surface area contributed by atoms with Crippen LogP contribution in [0.3, 0.4) is 0 Å². The van der Waals surface area contributed by atoms with E-state index in [0.29, 0.717) is 5.69 Å². The summed E-state index contributed by atoms with van der Waals surface area (Å²) in [6.45, 7) is 0. The molecule has 3 heterocycles. The van der Waals surface area contributed by atoms with Gasteiger partial charge in [0.05, 0.1) is 56.3 Å². The fraction of sp³-hybridized carbons (Fsp3) is 0. The van der Waals surface area contributed by atoms with E-state index in [2.05, 4.69) is 0 Å². The molecule has 0 aliphatic heterocycles. The first-order chi connectivity index (χ1) is 35.7. The van der Waals surface area contributed by atoms with Crippen LogP contribution in [0.15, 0.2) is 186 Å². The minimum absolute atomic E-state index is 0.158. The highest BCUT2D eigenvalue weighted by atomic mass is 16.3. The van der Waals surface area contributed by atoms with Gasteiger partial charge in [-0.1, -0.05) is 115 Å². The molecule has 0 unspecified atom stereocenters. The zero-order valence-electron chi connectivity index (χ0n) is 50.7. The van der Waals surface area contributed by atoms with E-state index in [4.69, 9.17) is 23.6 Å². The molecule has 238 valence electrons. The lowest BCUT2D eigenvalue weighted by Gasteiger charge is -2.09. The van der Waals surface area contributed by atoms with Gasteiger partial charge in [0.2, 0.25) is 0 Å². The summed E-state index contributed by atoms with van der Waals surface area (Å²) in [4.78, 5) is 0. The molecule has 8 aromatic carbocycles. The highest BCUT2D eigenvalue weighted by Crippen LogP contribution is 2.40. The Morgan fingerprint density at radius 1 is 0.392 bits per heavy atom. The highest BCUT2D eigenvalue weighted by molar-refractivity contribution is 6.14. The molecule has 3 aromatic heterocycles. The normalized spacial score (nSPS) is 18.8. The average molecular weight is 676 g/mol. The number of para-hydroxylation sites is 4. The maximum atomic E-state index is 9.89. The topological polar surface area (TPSA) is 23.0 Å². The van der Waals surface area contributed by atoms with Crippen molar-refractivity contribution in [1.29, 1.82) is 0 Å². The van der Waals surface area contributed by atoms with Crippen LogP contribution in [0.25, 0.3) is 99.2 Å². The third-order valence-corrected chi connectivity index (χ3v) is 8.60. The summed E-state index contributed by atoms with van der Waals surface area (Å²) in [5.74, 6) is 0. The summed E-state index contributed by atoms with van der Waals surface area (Å²) in [5.41, 5.74) is -5.73. The summed E-state index contributed by atoms with van der Waals surface area (Å²) in [6, 6.07) is -11.9. The van der Waals surface area contributed by atoms with Crippen LogP contribution >= 0.6 is 0 Å². The Labute approximate surface area is 329 Å². The smallest absolute Gasteiger partial charge is 0.143 e. The Balaban J connectivity index is 1.31. The highest BCUT2D eigenvalue weighted by Gasteiger charge is 2.18. The molecule has 0 fully saturated rings. The average Bonchev–Trinajstić information content (AvgIpc) is 4.23. The Bertz CT molecular complexity index is 4550. The van der Waals surface area contributed by atoms with Gasteiger partial charge in [-0.15, -0.1) is 0 Å². The Kier molecular flexibility index (Phi) is 2.79. The molecular weight excluding hydrogens is 621 g/mol. The zero-order chi connectivity index (χ0) is 55.2. The predicted molar refractivity (Wildman–Crippen MR) is 213 cm³/mol. The van der Waals surface area contributed by atoms with Crippen LogP contribution in [0.4, 0.5) is 0 Å². The van der Waals surface area contributed by atoms with Gasteiger partial charge < -0.3 is 13.6 Å². The van der Waals surface area contributed by atoms with Crippen LogP contribution in [0.5, 0.6) is 0 Å². The van der Waals surface area contributed by atoms with E-state index in [1.807, 2.05) is 0 Å². The van der Waals surface area contributed by atoms with E-state index < -0.39 is 223 Å². The molecule has 0 saturated heterocycles. The molecule has 3 heteroatoms. The summed E-state index contributed by atoms with van der Waals surface area (Å²) in [5, 5.41) is -2.61. The Hall–Kier alpha value is -6.84. The van der Waals surface area contributed by atoms with Crippen LogP contribution in [0.1, 0.15) is 34.3 Å². The van der Waals surface area contributed by atoms with Gasteiger partial charge in [-0.25, -0.2) is 0 Å². The lowest BCUT2D eigenvalue weighted by Crippen LogP contribution is -1.93. The van der Waals surface area contributed by atoms with Crippen LogP contribution in [-0.4, -0.2) is 9.13 Å². The van der Waals surface area contributed by atoms with Gasteiger partial charge in [-0.05, 0) is 83.2 Å². The van der Waals surface area contributed by atoms with Gasteiger partial charge in [0.15, 0.2) is 0 Å². The molecule has 11 rings (SSSR count). The molecule has 0 aliphatic carbocycles. The number of furan rings is 1. The molecule has 0 N–H and O–H groups in total. The lowest BCUT2D eigenvalue weighted by molar-refractivity contribution is 0.670. The van der Waals surface area contributed by atoms with Gasteiger partial charge in [-0.2, -0.15) is 0 Å². The van der Waals surface area contributed by atoms with Crippen molar-refractivity contribution in [3.05, 3.63) is 181 Å². The van der Waals surface area contributed by atoms with Crippen molar-refractivity contribution < 1.29 is 38.7 Å². The van der Waals surface area contributed by atoms with Gasteiger partial charge in [0, 0.05) is 49.3 Å². The van der Waals surface area contributed by atoms with Crippen molar-refractivity contribution >= 4 is 65.6 Å². The maximum absolute atomic E-state index is 9.89. The van der Waals surface area contributed by atoms with Gasteiger partial charge >= 0.3 is 0 Å². The fourth-order valence-electron chi connectivity index (χ4n) is 6.41. The second-order valence-corrected chi connectivity index (χ2v) is 11.4. The van der Waals surface area contributed by atoms with E-state index in [9.17, 15) is 15.1 Å². The number of nitrogens with zero attached hydrogens (tertiary/aromatic N) is 2. The third kappa shape index (κ3) is 4.19.